The van der Waals surface area contributed by atoms with Gasteiger partial charge in [-0.2, -0.15) is 0 Å². The van der Waals surface area contributed by atoms with Crippen molar-refractivity contribution in [3.63, 3.8) is 0 Å². The Balaban J connectivity index is 1.87. The van der Waals surface area contributed by atoms with E-state index < -0.39 is 15.9 Å². The first kappa shape index (κ1) is 18.9. The maximum absolute atomic E-state index is 12.9. The Kier molecular flexibility index (Phi) is 5.46. The normalized spacial score (nSPS) is 17.9. The molecule has 0 N–H and O–H groups in total. The van der Waals surface area contributed by atoms with Gasteiger partial charge >= 0.3 is 0 Å². The SMILES string of the molecule is COc1ccc(/C=C/C(=O)N(c2ccc(C)cc2)C2C=CS(=O)(=O)C2)cc1. The van der Waals surface area contributed by atoms with Crippen molar-refractivity contribution in [2.45, 2.75) is 13.0 Å². The van der Waals surface area contributed by atoms with E-state index in [1.165, 1.54) is 16.4 Å². The predicted octanol–water partition coefficient (Wildman–Crippen LogP) is 3.36. The van der Waals surface area contributed by atoms with Gasteiger partial charge in [0.25, 0.3) is 5.91 Å². The molecule has 0 fully saturated rings. The maximum atomic E-state index is 12.9. The number of rotatable bonds is 5. The summed E-state index contributed by atoms with van der Waals surface area (Å²) in [6.45, 7) is 1.96. The van der Waals surface area contributed by atoms with Crippen molar-refractivity contribution < 1.29 is 17.9 Å². The number of carbonyl (C=O) groups excluding carboxylic acids is 1. The van der Waals surface area contributed by atoms with E-state index >= 15 is 0 Å². The smallest absolute Gasteiger partial charge is 0.251 e. The fourth-order valence-corrected chi connectivity index (χ4v) is 4.14. The van der Waals surface area contributed by atoms with Gasteiger partial charge in [-0.1, -0.05) is 29.8 Å². The molecule has 1 aliphatic heterocycles. The molecule has 0 bridgehead atoms. The number of methoxy groups -OCH3 is 1. The van der Waals surface area contributed by atoms with E-state index in [1.807, 2.05) is 55.5 Å². The number of carbonyl (C=O) groups is 1. The van der Waals surface area contributed by atoms with Crippen LogP contribution in [0.1, 0.15) is 11.1 Å². The molecule has 2 aromatic carbocycles. The molecule has 0 spiro atoms. The van der Waals surface area contributed by atoms with Gasteiger partial charge in [0.05, 0.1) is 18.9 Å². The number of sulfone groups is 1. The lowest BCUT2D eigenvalue weighted by atomic mass is 10.1. The largest absolute Gasteiger partial charge is 0.497 e. The molecule has 0 aromatic heterocycles. The Labute approximate surface area is 159 Å². The molecule has 1 atom stereocenters. The summed E-state index contributed by atoms with van der Waals surface area (Å²) in [5.74, 6) is 0.352. The molecule has 3 rings (SSSR count). The molecular formula is C21H21NO4S. The molecule has 140 valence electrons. The summed E-state index contributed by atoms with van der Waals surface area (Å²) >= 11 is 0. The van der Waals surface area contributed by atoms with Crippen LogP contribution in [0.5, 0.6) is 5.75 Å². The zero-order valence-electron chi connectivity index (χ0n) is 15.2. The third kappa shape index (κ3) is 4.65. The number of nitrogens with zero attached hydrogens (tertiary/aromatic N) is 1. The second-order valence-corrected chi connectivity index (χ2v) is 8.31. The highest BCUT2D eigenvalue weighted by Gasteiger charge is 2.30. The highest BCUT2D eigenvalue weighted by molar-refractivity contribution is 7.94. The predicted molar refractivity (Wildman–Crippen MR) is 107 cm³/mol. The van der Waals surface area contributed by atoms with Gasteiger partial charge in [0.2, 0.25) is 0 Å². The molecule has 0 saturated heterocycles. The Morgan fingerprint density at radius 3 is 2.33 bits per heavy atom. The molecule has 1 amide bonds. The minimum atomic E-state index is -3.28. The minimum Gasteiger partial charge on any atom is -0.497 e. The van der Waals surface area contributed by atoms with Crippen molar-refractivity contribution in [3.8, 4) is 5.75 Å². The first-order valence-corrected chi connectivity index (χ1v) is 10.2. The fraction of sp³-hybridized carbons (Fsp3) is 0.190. The molecule has 0 radical (unpaired) electrons. The topological polar surface area (TPSA) is 63.7 Å². The zero-order chi connectivity index (χ0) is 19.4. The molecule has 0 saturated carbocycles. The van der Waals surface area contributed by atoms with Gasteiger partial charge in [0.15, 0.2) is 9.84 Å². The van der Waals surface area contributed by atoms with Gasteiger partial charge in [0.1, 0.15) is 5.75 Å². The lowest BCUT2D eigenvalue weighted by Crippen LogP contribution is -2.40. The molecule has 27 heavy (non-hydrogen) atoms. The van der Waals surface area contributed by atoms with Gasteiger partial charge in [0, 0.05) is 17.2 Å². The number of hydrogen-bond donors (Lipinski definition) is 0. The van der Waals surface area contributed by atoms with Crippen LogP contribution in [0.4, 0.5) is 5.69 Å². The summed E-state index contributed by atoms with van der Waals surface area (Å²) in [6.07, 6.45) is 4.73. The van der Waals surface area contributed by atoms with E-state index in [0.717, 1.165) is 16.9 Å². The quantitative estimate of drug-likeness (QED) is 0.743. The van der Waals surface area contributed by atoms with Gasteiger partial charge in [-0.25, -0.2) is 8.42 Å². The standard InChI is InChI=1S/C21H21NO4S/c1-16-3-8-18(9-4-16)22(19-13-14-27(24,25)15-19)21(23)12-7-17-5-10-20(26-2)11-6-17/h3-14,19H,15H2,1-2H3/b12-7+. The van der Waals surface area contributed by atoms with Crippen LogP contribution in [0, 0.1) is 6.92 Å². The van der Waals surface area contributed by atoms with Crippen molar-refractivity contribution >= 4 is 27.5 Å². The molecular weight excluding hydrogens is 362 g/mol. The van der Waals surface area contributed by atoms with E-state index in [9.17, 15) is 13.2 Å². The summed E-state index contributed by atoms with van der Waals surface area (Å²) in [7, 11) is -1.68. The number of amides is 1. The summed E-state index contributed by atoms with van der Waals surface area (Å²) in [5.41, 5.74) is 2.58. The van der Waals surface area contributed by atoms with Crippen LogP contribution in [0.3, 0.4) is 0 Å². The number of ether oxygens (including phenoxy) is 1. The van der Waals surface area contributed by atoms with Crippen molar-refractivity contribution in [3.05, 3.63) is 77.2 Å². The Morgan fingerprint density at radius 2 is 1.78 bits per heavy atom. The number of benzene rings is 2. The number of anilines is 1. The van der Waals surface area contributed by atoms with Gasteiger partial charge < -0.3 is 9.64 Å². The fourth-order valence-electron chi connectivity index (χ4n) is 2.87. The van der Waals surface area contributed by atoms with E-state index in [4.69, 9.17) is 4.74 Å². The summed E-state index contributed by atoms with van der Waals surface area (Å²) in [4.78, 5) is 14.4. The molecule has 1 aliphatic rings. The first-order chi connectivity index (χ1) is 12.9. The molecule has 2 aromatic rings. The maximum Gasteiger partial charge on any atom is 0.251 e. The molecule has 6 heteroatoms. The van der Waals surface area contributed by atoms with Gasteiger partial charge in [-0.05, 0) is 48.9 Å². The van der Waals surface area contributed by atoms with Crippen molar-refractivity contribution in [2.24, 2.45) is 0 Å². The Hall–Kier alpha value is -2.86. The van der Waals surface area contributed by atoms with Crippen LogP contribution in [-0.2, 0) is 14.6 Å². The third-order valence-electron chi connectivity index (χ3n) is 4.33. The van der Waals surface area contributed by atoms with Crippen molar-refractivity contribution in [2.75, 3.05) is 17.8 Å². The summed E-state index contributed by atoms with van der Waals surface area (Å²) in [6, 6.07) is 14.2. The summed E-state index contributed by atoms with van der Waals surface area (Å²) < 4.78 is 28.8. The second-order valence-electron chi connectivity index (χ2n) is 6.38. The van der Waals surface area contributed by atoms with Crippen molar-refractivity contribution in [1.29, 1.82) is 0 Å². The lowest BCUT2D eigenvalue weighted by molar-refractivity contribution is -0.114. The molecule has 1 unspecified atom stereocenters. The van der Waals surface area contributed by atoms with E-state index in [1.54, 1.807) is 19.3 Å². The highest BCUT2D eigenvalue weighted by Crippen LogP contribution is 2.24. The third-order valence-corrected chi connectivity index (χ3v) is 5.70. The van der Waals surface area contributed by atoms with Crippen LogP contribution in [0.2, 0.25) is 0 Å². The summed E-state index contributed by atoms with van der Waals surface area (Å²) in [5, 5.41) is 1.18. The Bertz CT molecular complexity index is 974. The highest BCUT2D eigenvalue weighted by atomic mass is 32.2. The zero-order valence-corrected chi connectivity index (χ0v) is 16.0. The van der Waals surface area contributed by atoms with E-state index in [2.05, 4.69) is 0 Å². The Morgan fingerprint density at radius 1 is 1.11 bits per heavy atom. The van der Waals surface area contributed by atoms with Crippen LogP contribution >= 0.6 is 0 Å². The van der Waals surface area contributed by atoms with Crippen LogP contribution in [0.15, 0.2) is 66.1 Å². The monoisotopic (exact) mass is 383 g/mol. The lowest BCUT2D eigenvalue weighted by Gasteiger charge is -2.26. The average Bonchev–Trinajstić information content (AvgIpc) is 3.01. The molecule has 5 nitrogen and oxygen atoms in total. The second kappa shape index (κ2) is 7.80. The average molecular weight is 383 g/mol. The number of hydrogen-bond acceptors (Lipinski definition) is 4. The minimum absolute atomic E-state index is 0.108. The number of aryl methyl sites for hydroxylation is 1. The van der Waals surface area contributed by atoms with Crippen LogP contribution < -0.4 is 9.64 Å². The van der Waals surface area contributed by atoms with E-state index in [-0.39, 0.29) is 11.7 Å². The first-order valence-electron chi connectivity index (χ1n) is 8.51. The van der Waals surface area contributed by atoms with Crippen LogP contribution in [0.25, 0.3) is 6.08 Å². The van der Waals surface area contributed by atoms with Crippen LogP contribution in [-0.4, -0.2) is 33.2 Å². The van der Waals surface area contributed by atoms with E-state index in [0.29, 0.717) is 5.69 Å². The van der Waals surface area contributed by atoms with Crippen molar-refractivity contribution in [1.82, 2.24) is 0 Å². The van der Waals surface area contributed by atoms with Gasteiger partial charge in [-0.15, -0.1) is 0 Å². The van der Waals surface area contributed by atoms with Gasteiger partial charge in [-0.3, -0.25) is 4.79 Å². The molecule has 1 heterocycles. The molecule has 0 aliphatic carbocycles.